The zero-order valence-electron chi connectivity index (χ0n) is 26.5. The Bertz CT molecular complexity index is 2810. The van der Waals surface area contributed by atoms with Crippen molar-refractivity contribution in [3.8, 4) is 22.3 Å². The first-order valence-electron chi connectivity index (χ1n) is 16.6. The summed E-state index contributed by atoms with van der Waals surface area (Å²) in [6, 6.07) is 63.0. The van der Waals surface area contributed by atoms with Gasteiger partial charge in [-0.2, -0.15) is 0 Å². The van der Waals surface area contributed by atoms with Crippen molar-refractivity contribution < 1.29 is 4.42 Å². The normalized spacial score (nSPS) is 11.7. The maximum absolute atomic E-state index is 6.74. The van der Waals surface area contributed by atoms with E-state index in [2.05, 4.69) is 181 Å². The number of benzene rings is 8. The van der Waals surface area contributed by atoms with Gasteiger partial charge >= 0.3 is 0 Å². The second kappa shape index (κ2) is 11.2. The molecule has 0 bridgehead atoms. The molecule has 0 aliphatic heterocycles. The number of hydrogen-bond donors (Lipinski definition) is 0. The van der Waals surface area contributed by atoms with E-state index in [9.17, 15) is 0 Å². The van der Waals surface area contributed by atoms with Gasteiger partial charge in [-0.15, -0.1) is 11.3 Å². The van der Waals surface area contributed by atoms with E-state index in [1.54, 1.807) is 0 Å². The summed E-state index contributed by atoms with van der Waals surface area (Å²) in [5, 5.41) is 7.31. The Balaban J connectivity index is 1.15. The van der Waals surface area contributed by atoms with Crippen LogP contribution in [-0.2, 0) is 0 Å². The smallest absolute Gasteiger partial charge is 0.159 e. The molecule has 0 fully saturated rings. The van der Waals surface area contributed by atoms with E-state index in [1.165, 1.54) is 53.2 Å². The fourth-order valence-electron chi connectivity index (χ4n) is 7.35. The first kappa shape index (κ1) is 27.9. The fraction of sp³-hybridized carbons (Fsp3) is 0. The molecule has 0 N–H and O–H groups in total. The molecule has 230 valence electrons. The lowest BCUT2D eigenvalue weighted by Gasteiger charge is -2.26. The van der Waals surface area contributed by atoms with Crippen LogP contribution >= 0.6 is 11.3 Å². The number of nitrogens with zero attached hydrogens (tertiary/aromatic N) is 1. The van der Waals surface area contributed by atoms with Gasteiger partial charge in [0.1, 0.15) is 5.58 Å². The van der Waals surface area contributed by atoms with Crippen LogP contribution in [0.4, 0.5) is 17.1 Å². The van der Waals surface area contributed by atoms with E-state index in [0.29, 0.717) is 0 Å². The lowest BCUT2D eigenvalue weighted by molar-refractivity contribution is 0.669. The summed E-state index contributed by atoms with van der Waals surface area (Å²) in [5.41, 5.74) is 9.76. The summed E-state index contributed by atoms with van der Waals surface area (Å²) in [4.78, 5) is 2.32. The Hall–Kier alpha value is -6.16. The zero-order valence-corrected chi connectivity index (χ0v) is 27.3. The molecule has 0 radical (unpaired) electrons. The molecular weight excluding hydrogens is 615 g/mol. The molecule has 2 nitrogen and oxygen atoms in total. The predicted octanol–water partition coefficient (Wildman–Crippen LogP) is 13.9. The number of furan rings is 1. The number of thiophene rings is 1. The van der Waals surface area contributed by atoms with Gasteiger partial charge in [-0.3, -0.25) is 0 Å². The Morgan fingerprint density at radius 3 is 1.88 bits per heavy atom. The average Bonchev–Trinajstić information content (AvgIpc) is 3.75. The molecule has 0 spiro atoms. The summed E-state index contributed by atoms with van der Waals surface area (Å²) in [6.45, 7) is 0. The number of para-hydroxylation sites is 1. The van der Waals surface area contributed by atoms with Crippen molar-refractivity contribution in [2.24, 2.45) is 0 Å². The maximum atomic E-state index is 6.74. The topological polar surface area (TPSA) is 16.4 Å². The predicted molar refractivity (Wildman–Crippen MR) is 210 cm³/mol. The second-order valence-electron chi connectivity index (χ2n) is 12.5. The van der Waals surface area contributed by atoms with Crippen LogP contribution < -0.4 is 4.90 Å². The third kappa shape index (κ3) is 4.55. The van der Waals surface area contributed by atoms with Crippen molar-refractivity contribution in [3.63, 3.8) is 0 Å². The largest absolute Gasteiger partial charge is 0.454 e. The third-order valence-electron chi connectivity index (χ3n) is 9.68. The average molecular weight is 644 g/mol. The molecule has 0 saturated heterocycles. The van der Waals surface area contributed by atoms with Gasteiger partial charge in [0.15, 0.2) is 5.58 Å². The molecule has 8 aromatic carbocycles. The van der Waals surface area contributed by atoms with Crippen molar-refractivity contribution >= 4 is 81.3 Å². The van der Waals surface area contributed by atoms with E-state index in [0.717, 1.165) is 39.0 Å². The van der Waals surface area contributed by atoms with Gasteiger partial charge < -0.3 is 9.32 Å². The summed E-state index contributed by atoms with van der Waals surface area (Å²) < 4.78 is 9.38. The number of rotatable bonds is 5. The monoisotopic (exact) mass is 643 g/mol. The van der Waals surface area contributed by atoms with E-state index in [-0.39, 0.29) is 0 Å². The van der Waals surface area contributed by atoms with E-state index < -0.39 is 0 Å². The molecule has 0 aliphatic carbocycles. The Morgan fingerprint density at radius 2 is 1.06 bits per heavy atom. The van der Waals surface area contributed by atoms with Crippen molar-refractivity contribution in [2.45, 2.75) is 0 Å². The van der Waals surface area contributed by atoms with Crippen LogP contribution in [0.25, 0.3) is 75.1 Å². The summed E-state index contributed by atoms with van der Waals surface area (Å²) >= 11 is 1.87. The van der Waals surface area contributed by atoms with Gasteiger partial charge in [0, 0.05) is 42.3 Å². The lowest BCUT2D eigenvalue weighted by Crippen LogP contribution is -2.10. The number of fused-ring (bicyclic) bond motifs is 8. The minimum Gasteiger partial charge on any atom is -0.454 e. The van der Waals surface area contributed by atoms with Crippen LogP contribution in [0, 0.1) is 0 Å². The van der Waals surface area contributed by atoms with Gasteiger partial charge in [0.05, 0.1) is 5.69 Å². The highest BCUT2D eigenvalue weighted by Crippen LogP contribution is 2.45. The second-order valence-corrected chi connectivity index (χ2v) is 13.5. The van der Waals surface area contributed by atoms with Gasteiger partial charge in [-0.25, -0.2) is 0 Å². The molecule has 0 amide bonds. The van der Waals surface area contributed by atoms with Crippen LogP contribution in [0.5, 0.6) is 0 Å². The molecule has 10 rings (SSSR count). The Morgan fingerprint density at radius 1 is 0.429 bits per heavy atom. The Kier molecular flexibility index (Phi) is 6.39. The van der Waals surface area contributed by atoms with Gasteiger partial charge in [0.2, 0.25) is 0 Å². The standard InChI is InChI=1S/C46H29NOS/c1-2-10-30(11-3-1)31-20-25-34(26-21-31)47(41-18-9-17-40-44-36-13-5-4-12-32(36)24-29-42(44)48-45(40)41)35-27-22-33(23-28-35)37-15-8-16-39-38-14-6-7-19-43(38)49-46(37)39/h1-29H. The quantitative estimate of drug-likeness (QED) is 0.186. The molecule has 0 unspecified atom stereocenters. The van der Waals surface area contributed by atoms with Crippen molar-refractivity contribution in [2.75, 3.05) is 4.90 Å². The first-order valence-corrected chi connectivity index (χ1v) is 17.4. The molecule has 10 aromatic rings. The maximum Gasteiger partial charge on any atom is 0.159 e. The van der Waals surface area contributed by atoms with Crippen molar-refractivity contribution in [1.29, 1.82) is 0 Å². The minimum absolute atomic E-state index is 0.875. The summed E-state index contributed by atoms with van der Waals surface area (Å²) in [6.07, 6.45) is 0. The van der Waals surface area contributed by atoms with E-state index in [4.69, 9.17) is 4.42 Å². The van der Waals surface area contributed by atoms with E-state index >= 15 is 0 Å². The van der Waals surface area contributed by atoms with Gasteiger partial charge in [-0.1, -0.05) is 133 Å². The molecule has 2 aromatic heterocycles. The lowest BCUT2D eigenvalue weighted by atomic mass is 10.0. The van der Waals surface area contributed by atoms with Crippen LogP contribution in [0.15, 0.2) is 180 Å². The summed E-state index contributed by atoms with van der Waals surface area (Å²) in [5.74, 6) is 0. The van der Waals surface area contributed by atoms with Crippen LogP contribution in [-0.4, -0.2) is 0 Å². The minimum atomic E-state index is 0.875. The highest BCUT2D eigenvalue weighted by molar-refractivity contribution is 7.26. The van der Waals surface area contributed by atoms with Crippen LogP contribution in [0.3, 0.4) is 0 Å². The molecule has 3 heteroatoms. The zero-order chi connectivity index (χ0) is 32.3. The molecule has 0 aliphatic rings. The molecule has 0 atom stereocenters. The number of hydrogen-bond acceptors (Lipinski definition) is 3. The van der Waals surface area contributed by atoms with Gasteiger partial charge in [0.25, 0.3) is 0 Å². The van der Waals surface area contributed by atoms with Crippen LogP contribution in [0.1, 0.15) is 0 Å². The summed E-state index contributed by atoms with van der Waals surface area (Å²) in [7, 11) is 0. The van der Waals surface area contributed by atoms with Crippen molar-refractivity contribution in [1.82, 2.24) is 0 Å². The Labute approximate surface area is 287 Å². The SMILES string of the molecule is c1ccc(-c2ccc(N(c3ccc(-c4cccc5c4sc4ccccc45)cc3)c3cccc4c3oc3ccc5ccccc5c34)cc2)cc1. The van der Waals surface area contributed by atoms with Gasteiger partial charge in [-0.05, 0) is 75.5 Å². The van der Waals surface area contributed by atoms with Crippen LogP contribution in [0.2, 0.25) is 0 Å². The molecule has 49 heavy (non-hydrogen) atoms. The molecular formula is C46H29NOS. The van der Waals surface area contributed by atoms with Crippen molar-refractivity contribution in [3.05, 3.63) is 176 Å². The first-order chi connectivity index (χ1) is 24.3. The fourth-order valence-corrected chi connectivity index (χ4v) is 8.59. The third-order valence-corrected chi connectivity index (χ3v) is 10.9. The number of anilines is 3. The molecule has 0 saturated carbocycles. The highest BCUT2D eigenvalue weighted by atomic mass is 32.1. The highest BCUT2D eigenvalue weighted by Gasteiger charge is 2.21. The van der Waals surface area contributed by atoms with E-state index in [1.807, 2.05) is 11.3 Å². The molecule has 2 heterocycles.